The Balaban J connectivity index is 0.000000119. The number of ketones is 3. The highest BCUT2D eigenvalue weighted by atomic mass is 16.5. The van der Waals surface area contributed by atoms with E-state index in [9.17, 15) is 28.8 Å². The number of ether oxygens (including phenoxy) is 2. The molecule has 8 aliphatic heterocycles. The van der Waals surface area contributed by atoms with Crippen LogP contribution in [0.2, 0.25) is 0 Å². The first-order valence-electron chi connectivity index (χ1n) is 51.1. The van der Waals surface area contributed by atoms with Crippen molar-refractivity contribution in [2.75, 3.05) is 85.3 Å². The molecule has 16 heterocycles. The van der Waals surface area contributed by atoms with E-state index in [1.165, 1.54) is 101 Å². The van der Waals surface area contributed by atoms with Gasteiger partial charge in [0.2, 0.25) is 17.7 Å². The molecule has 6 saturated heterocycles. The van der Waals surface area contributed by atoms with Crippen LogP contribution in [0, 0.1) is 147 Å². The molecule has 3 amide bonds. The molecule has 25 rings (SSSR count). The number of para-hydroxylation sites is 1. The minimum Gasteiger partial charge on any atom is -0.493 e. The van der Waals surface area contributed by atoms with Gasteiger partial charge in [0.25, 0.3) is 0 Å². The number of hydrogen-bond acceptors (Lipinski definition) is 17. The number of amides is 3. The van der Waals surface area contributed by atoms with E-state index in [2.05, 4.69) is 233 Å². The van der Waals surface area contributed by atoms with Gasteiger partial charge in [0.15, 0.2) is 0 Å². The number of aryl methyl sites for hydroxylation is 6. The third kappa shape index (κ3) is 19.7. The second-order valence-corrected chi connectivity index (χ2v) is 46.0. The fourth-order valence-corrected chi connectivity index (χ4v) is 27.2. The van der Waals surface area contributed by atoms with Crippen molar-refractivity contribution in [1.29, 1.82) is 0 Å². The summed E-state index contributed by atoms with van der Waals surface area (Å²) in [4.78, 5) is 94.9. The molecular formula is C114H162N16O8. The van der Waals surface area contributed by atoms with Crippen LogP contribution >= 0.6 is 0 Å². The van der Waals surface area contributed by atoms with Crippen LogP contribution in [-0.2, 0) is 73.8 Å². The van der Waals surface area contributed by atoms with Crippen molar-refractivity contribution >= 4 is 51.6 Å². The van der Waals surface area contributed by atoms with Crippen LogP contribution in [0.5, 0.6) is 5.75 Å². The van der Waals surface area contributed by atoms with Crippen LogP contribution in [0.1, 0.15) is 249 Å². The molecule has 8 N–H and O–H groups in total. The van der Waals surface area contributed by atoms with Crippen molar-refractivity contribution in [3.05, 3.63) is 190 Å². The number of imidazole rings is 3. The average molecular weight is 1880 g/mol. The van der Waals surface area contributed by atoms with E-state index in [1.807, 2.05) is 56.1 Å². The van der Waals surface area contributed by atoms with Crippen LogP contribution in [0.3, 0.4) is 0 Å². The van der Waals surface area contributed by atoms with Gasteiger partial charge in [0, 0.05) is 163 Å². The van der Waals surface area contributed by atoms with Crippen molar-refractivity contribution in [2.24, 2.45) is 112 Å². The summed E-state index contributed by atoms with van der Waals surface area (Å²) in [5.41, 5.74) is 13.1. The van der Waals surface area contributed by atoms with E-state index >= 15 is 0 Å². The minimum atomic E-state index is -0.431. The first-order valence-corrected chi connectivity index (χ1v) is 51.1. The molecule has 138 heavy (non-hydrogen) atoms. The Bertz CT molecular complexity index is 5880. The molecular weight excluding hydrogens is 1720 g/mol. The number of pyridine rings is 4. The number of benzene rings is 1. The lowest BCUT2D eigenvalue weighted by atomic mass is 9.78. The molecule has 14 fully saturated rings. The molecule has 24 nitrogen and oxygen atoms in total. The molecule has 8 aliphatic carbocycles. The first-order chi connectivity index (χ1) is 64.3. The van der Waals surface area contributed by atoms with E-state index in [0.29, 0.717) is 156 Å². The lowest BCUT2D eigenvalue weighted by Gasteiger charge is -2.39. The minimum absolute atomic E-state index is 0. The molecule has 9 aromatic rings. The van der Waals surface area contributed by atoms with Gasteiger partial charge in [-0.15, -0.1) is 0 Å². The topological polar surface area (TPSA) is 287 Å². The Labute approximate surface area is 820 Å². The number of carbonyl (C=O) groups excluding carboxylic acids is 6. The Morgan fingerprint density at radius 3 is 1.49 bits per heavy atom. The zero-order chi connectivity index (χ0) is 93.4. The summed E-state index contributed by atoms with van der Waals surface area (Å²) >= 11 is 0. The number of hydrogen-bond donors (Lipinski definition) is 8. The number of Topliss-reactive ketones (excluding diaryl/α,β-unsaturated/α-hetero) is 3. The number of nitrogens with zero attached hydrogens (tertiary/aromatic N) is 8. The second kappa shape index (κ2) is 39.9. The largest absolute Gasteiger partial charge is 0.493 e. The van der Waals surface area contributed by atoms with Gasteiger partial charge in [0.05, 0.1) is 35.6 Å². The summed E-state index contributed by atoms with van der Waals surface area (Å²) in [6.07, 6.45) is 28.4. The molecule has 8 unspecified atom stereocenters. The van der Waals surface area contributed by atoms with Gasteiger partial charge in [-0.05, 0) is 337 Å². The highest BCUT2D eigenvalue weighted by Gasteiger charge is 2.63. The smallest absolute Gasteiger partial charge is 0.224 e. The van der Waals surface area contributed by atoms with Crippen LogP contribution in [-0.4, -0.2) is 164 Å². The lowest BCUT2D eigenvalue weighted by molar-refractivity contribution is -0.127. The van der Waals surface area contributed by atoms with Crippen molar-refractivity contribution in [3.8, 4) is 5.75 Å². The summed E-state index contributed by atoms with van der Waals surface area (Å²) in [6.45, 7) is 43.2. The molecule has 8 aromatic heterocycles. The third-order valence-electron chi connectivity index (χ3n) is 35.2. The maximum atomic E-state index is 13.0. The number of nitrogens with one attached hydrogen (secondary N) is 8. The number of piperidine rings is 5. The van der Waals surface area contributed by atoms with Gasteiger partial charge >= 0.3 is 0 Å². The van der Waals surface area contributed by atoms with Crippen LogP contribution < -0.4 is 47.3 Å². The van der Waals surface area contributed by atoms with E-state index in [4.69, 9.17) is 19.4 Å². The lowest BCUT2D eigenvalue weighted by Crippen LogP contribution is -2.51. The monoisotopic (exact) mass is 1880 g/mol. The first kappa shape index (κ1) is 102. The number of fused-ring (bicyclic) bond motifs is 11. The predicted octanol–water partition coefficient (Wildman–Crippen LogP) is 16.4. The standard InChI is InChI=1S/C20H25N3O.C19H24N4O2.C19H24N2O.C19H25NO2.C17H24N2O.C16H24N4O.4CH4/c1-12-4-3-7-23-16(12)11-22-19(23)20(2,13-5-6-13)8-17(24)18-14-9-21-10-15(14)18;1-12-3-2-6-23-15(12)11-21-18(23)19(4-7-25-8-5-19)22-17(24)16-13-9-20-10-14(13)16;1-12-5-4-8-21-15(12)6-7-17(21)19(2,3)9-16(22)18-13-10-20-11-14(13)18;1-19(2,20-18(21)17-12-7-5-8-13(12)17)15-10-11-22-16-9-4-3-6-14(15)16;1-10-5-11(2)19-9-14(10)17(3,4)6-15(20)16-12-7-18-8-13(12)16;1-16(2,15-18-7-10-5-3-4-6-20(10)15)19-14(21)13-11-8-17-9-12(11)13;;;;/h3-4,7,11,13-15,18,21H,5-6,8-10H2,1-2H3;2-3,6,11,13-14,16,20H,4-5,7-10H2,1H3,(H,22,24);4-8,13-14,18,20H,9-11H2,1-3H3;3-4,6,9,12-13,15,17H,5,7-8,10-11H2,1-2H3,(H,20,21);5,9,12-13,16,18H,6-8H2,1-4H3;7,11-13,17H,3-6,8-9H2,1-2H3,(H,19,21);4*1H4/t14-,15+,18?,20?;13-,14+,16?;13-,14+,18?;12-,13+,15?,17?;12-,13+,16?;11-,12+,13?;;;;. The molecule has 8 saturated carbocycles. The molecule has 24 heteroatoms. The van der Waals surface area contributed by atoms with E-state index in [-0.39, 0.29) is 81.0 Å². The van der Waals surface area contributed by atoms with E-state index < -0.39 is 11.1 Å². The Morgan fingerprint density at radius 1 is 0.442 bits per heavy atom. The zero-order valence-electron chi connectivity index (χ0n) is 81.7. The van der Waals surface area contributed by atoms with Crippen LogP contribution in [0.4, 0.5) is 0 Å². The van der Waals surface area contributed by atoms with Gasteiger partial charge in [-0.1, -0.05) is 107 Å². The number of rotatable bonds is 22. The van der Waals surface area contributed by atoms with Crippen LogP contribution in [0.25, 0.3) is 16.6 Å². The van der Waals surface area contributed by atoms with Crippen molar-refractivity contribution in [3.63, 3.8) is 0 Å². The molecule has 0 bridgehead atoms. The fraction of sp³-hybridized carbons (Fsp3) is 0.632. The summed E-state index contributed by atoms with van der Waals surface area (Å²) in [5.74, 6) is 15.9. The average Bonchev–Trinajstić information content (AvgIpc) is 1.58. The van der Waals surface area contributed by atoms with Crippen molar-refractivity contribution in [2.45, 2.75) is 262 Å². The molecule has 20 atom stereocenters. The molecule has 0 radical (unpaired) electrons. The molecule has 16 aliphatic rings. The highest BCUT2D eigenvalue weighted by Crippen LogP contribution is 2.60. The maximum Gasteiger partial charge on any atom is 0.224 e. The van der Waals surface area contributed by atoms with Gasteiger partial charge < -0.3 is 69.8 Å². The summed E-state index contributed by atoms with van der Waals surface area (Å²) in [6, 6.07) is 27.3. The second-order valence-electron chi connectivity index (χ2n) is 46.0. The highest BCUT2D eigenvalue weighted by molar-refractivity contribution is 5.88. The Morgan fingerprint density at radius 2 is 0.928 bits per heavy atom. The van der Waals surface area contributed by atoms with Crippen LogP contribution in [0.15, 0.2) is 122 Å². The SMILES string of the molecule is C.C.C.C.CC(C)(NC(=O)C1[C@H]2CCC[C@@H]12)C1CCOc2ccccc21.CC(C)(NC(=O)C1[C@H]2CNC[C@@H]12)c1ncc2n1CCCC2.Cc1cc(C)c(C(C)(C)CC(=O)C2[C@H]3CNC[C@@H]23)cn1.Cc1cccn2c(C(C)(C)CC(=O)C3[C@H]4CNC[C@@H]34)ccc12.Cc1cccn2c(C(C)(CC(=O)C3[C@H]4CNC[C@@H]34)C3CC3)ncc12.Cc1cccn2c(C3(NC(=O)C4[C@H]5CNC[C@@H]45)CCOCC3)ncc12. The normalized spacial score (nSPS) is 29.2. The predicted molar refractivity (Wildman–Crippen MR) is 546 cm³/mol. The molecule has 746 valence electrons. The maximum absolute atomic E-state index is 13.0. The van der Waals surface area contributed by atoms with Crippen molar-refractivity contribution in [1.82, 2.24) is 80.2 Å². The Kier molecular flexibility index (Phi) is 29.4. The van der Waals surface area contributed by atoms with E-state index in [0.717, 1.165) is 139 Å². The van der Waals surface area contributed by atoms with E-state index in [1.54, 1.807) is 0 Å². The molecule has 0 spiro atoms. The zero-order valence-corrected chi connectivity index (χ0v) is 81.7. The van der Waals surface area contributed by atoms with Gasteiger partial charge in [-0.2, -0.15) is 0 Å². The van der Waals surface area contributed by atoms with Crippen molar-refractivity contribution < 1.29 is 38.2 Å². The molecule has 1 aromatic carbocycles. The summed E-state index contributed by atoms with van der Waals surface area (Å²) in [5, 5.41) is 26.8. The van der Waals surface area contributed by atoms with Gasteiger partial charge in [-0.25, -0.2) is 15.0 Å². The fourth-order valence-electron chi connectivity index (χ4n) is 27.2. The number of carbonyl (C=O) groups is 6. The van der Waals surface area contributed by atoms with Gasteiger partial charge in [0.1, 0.15) is 46.1 Å². The number of aromatic nitrogens is 8. The summed E-state index contributed by atoms with van der Waals surface area (Å²) in [7, 11) is 0. The Hall–Kier alpha value is -9.30. The third-order valence-corrected chi connectivity index (χ3v) is 35.2. The quantitative estimate of drug-likeness (QED) is 0.0313. The summed E-state index contributed by atoms with van der Waals surface area (Å²) < 4.78 is 20.3. The van der Waals surface area contributed by atoms with Gasteiger partial charge in [-0.3, -0.25) is 33.8 Å².